The minimum absolute atomic E-state index is 0.216. The van der Waals surface area contributed by atoms with Gasteiger partial charge >= 0.3 is 6.03 Å². The van der Waals surface area contributed by atoms with Crippen LogP contribution >= 0.6 is 0 Å². The van der Waals surface area contributed by atoms with Crippen LogP contribution in [0.5, 0.6) is 5.75 Å². The summed E-state index contributed by atoms with van der Waals surface area (Å²) in [4.78, 5) is 13.9. The molecule has 0 fully saturated rings. The van der Waals surface area contributed by atoms with Crippen LogP contribution in [0.3, 0.4) is 0 Å². The van der Waals surface area contributed by atoms with Crippen molar-refractivity contribution in [3.63, 3.8) is 0 Å². The number of carbonyl (C=O) groups excluding carboxylic acids is 1. The maximum atomic E-state index is 11.8. The topological polar surface area (TPSA) is 53.6 Å². The summed E-state index contributed by atoms with van der Waals surface area (Å²) in [5.74, 6) is 0.760. The van der Waals surface area contributed by atoms with Gasteiger partial charge in [-0.3, -0.25) is 0 Å². The summed E-state index contributed by atoms with van der Waals surface area (Å²) < 4.78 is 5.07. The zero-order valence-electron chi connectivity index (χ0n) is 12.9. The monoisotopic (exact) mass is 299 g/mol. The van der Waals surface area contributed by atoms with Gasteiger partial charge in [-0.2, -0.15) is 0 Å². The highest BCUT2D eigenvalue weighted by Crippen LogP contribution is 2.14. The Labute approximate surface area is 130 Å². The average Bonchev–Trinajstić information content (AvgIpc) is 2.56. The Morgan fingerprint density at radius 2 is 1.77 bits per heavy atom. The van der Waals surface area contributed by atoms with Gasteiger partial charge in [-0.15, -0.1) is 0 Å². The highest BCUT2D eigenvalue weighted by atomic mass is 16.5. The molecule has 2 aromatic carbocycles. The number of ether oxygens (including phenoxy) is 1. The van der Waals surface area contributed by atoms with E-state index in [0.717, 1.165) is 23.7 Å². The van der Waals surface area contributed by atoms with Crippen LogP contribution < -0.4 is 20.3 Å². The van der Waals surface area contributed by atoms with E-state index in [-0.39, 0.29) is 6.03 Å². The lowest BCUT2D eigenvalue weighted by atomic mass is 10.3. The van der Waals surface area contributed by atoms with Gasteiger partial charge in [0.25, 0.3) is 0 Å². The normalized spacial score (nSPS) is 9.91. The van der Waals surface area contributed by atoms with Crippen molar-refractivity contribution in [3.05, 3.63) is 54.6 Å². The van der Waals surface area contributed by atoms with Crippen LogP contribution in [0.25, 0.3) is 0 Å². The number of amides is 2. The standard InChI is InChI=1S/C17H21N3O2/c1-20(15-6-4-3-5-7-15)13-12-18-17(21)19-14-8-10-16(22-2)11-9-14/h3-11H,12-13H2,1-2H3,(H2,18,19,21). The number of rotatable bonds is 6. The first-order valence-corrected chi connectivity index (χ1v) is 7.14. The molecule has 22 heavy (non-hydrogen) atoms. The van der Waals surface area contributed by atoms with E-state index in [4.69, 9.17) is 4.74 Å². The van der Waals surface area contributed by atoms with Gasteiger partial charge in [0.05, 0.1) is 7.11 Å². The summed E-state index contributed by atoms with van der Waals surface area (Å²) in [5.41, 5.74) is 1.86. The Morgan fingerprint density at radius 3 is 2.41 bits per heavy atom. The lowest BCUT2D eigenvalue weighted by Crippen LogP contribution is -2.35. The molecule has 0 aliphatic heterocycles. The van der Waals surface area contributed by atoms with E-state index in [0.29, 0.717) is 6.54 Å². The molecule has 0 heterocycles. The zero-order chi connectivity index (χ0) is 15.8. The minimum Gasteiger partial charge on any atom is -0.497 e. The molecule has 0 radical (unpaired) electrons. The Hall–Kier alpha value is -2.69. The second kappa shape index (κ2) is 7.93. The second-order valence-electron chi connectivity index (χ2n) is 4.87. The van der Waals surface area contributed by atoms with Crippen molar-refractivity contribution in [1.82, 2.24) is 5.32 Å². The summed E-state index contributed by atoms with van der Waals surface area (Å²) in [7, 11) is 3.61. The molecule has 0 bridgehead atoms. The van der Waals surface area contributed by atoms with Gasteiger partial charge in [-0.1, -0.05) is 18.2 Å². The number of nitrogens with zero attached hydrogens (tertiary/aromatic N) is 1. The molecule has 116 valence electrons. The van der Waals surface area contributed by atoms with Crippen molar-refractivity contribution < 1.29 is 9.53 Å². The maximum Gasteiger partial charge on any atom is 0.319 e. The van der Waals surface area contributed by atoms with Crippen LogP contribution in [-0.4, -0.2) is 33.3 Å². The molecule has 2 aromatic rings. The van der Waals surface area contributed by atoms with Crippen LogP contribution in [0.1, 0.15) is 0 Å². The Bertz CT molecular complexity index is 585. The number of carbonyl (C=O) groups is 1. The van der Waals surface area contributed by atoms with E-state index < -0.39 is 0 Å². The largest absolute Gasteiger partial charge is 0.497 e. The lowest BCUT2D eigenvalue weighted by molar-refractivity contribution is 0.252. The van der Waals surface area contributed by atoms with Gasteiger partial charge in [0.2, 0.25) is 0 Å². The maximum absolute atomic E-state index is 11.8. The molecule has 0 aromatic heterocycles. The van der Waals surface area contributed by atoms with E-state index >= 15 is 0 Å². The third-order valence-corrected chi connectivity index (χ3v) is 3.28. The van der Waals surface area contributed by atoms with E-state index in [1.54, 1.807) is 31.4 Å². The summed E-state index contributed by atoms with van der Waals surface area (Å²) in [6.45, 7) is 1.30. The van der Waals surface area contributed by atoms with Gasteiger partial charge in [0.15, 0.2) is 0 Å². The molecule has 0 aliphatic rings. The van der Waals surface area contributed by atoms with Gasteiger partial charge in [-0.05, 0) is 36.4 Å². The number of para-hydroxylation sites is 1. The summed E-state index contributed by atoms with van der Waals surface area (Å²) in [6.07, 6.45) is 0. The third kappa shape index (κ3) is 4.70. The molecule has 0 aliphatic carbocycles. The molecule has 5 nitrogen and oxygen atoms in total. The fourth-order valence-corrected chi connectivity index (χ4v) is 2.00. The van der Waals surface area contributed by atoms with Gasteiger partial charge in [0, 0.05) is 31.5 Å². The van der Waals surface area contributed by atoms with Crippen molar-refractivity contribution in [1.29, 1.82) is 0 Å². The van der Waals surface area contributed by atoms with Crippen molar-refractivity contribution in [2.24, 2.45) is 0 Å². The lowest BCUT2D eigenvalue weighted by Gasteiger charge is -2.19. The van der Waals surface area contributed by atoms with Crippen LogP contribution in [0, 0.1) is 0 Å². The summed E-state index contributed by atoms with van der Waals surface area (Å²) >= 11 is 0. The SMILES string of the molecule is COc1ccc(NC(=O)NCCN(C)c2ccccc2)cc1. The van der Waals surface area contributed by atoms with Gasteiger partial charge < -0.3 is 20.3 Å². The van der Waals surface area contributed by atoms with E-state index in [1.165, 1.54) is 0 Å². The van der Waals surface area contributed by atoms with Gasteiger partial charge in [-0.25, -0.2) is 4.79 Å². The Kier molecular flexibility index (Phi) is 5.65. The predicted molar refractivity (Wildman–Crippen MR) is 89.7 cm³/mol. The molecule has 0 atom stereocenters. The molecule has 0 spiro atoms. The highest BCUT2D eigenvalue weighted by molar-refractivity contribution is 5.89. The predicted octanol–water partition coefficient (Wildman–Crippen LogP) is 2.95. The number of benzene rings is 2. The van der Waals surface area contributed by atoms with Crippen LogP contribution in [0.15, 0.2) is 54.6 Å². The molecular formula is C17H21N3O2. The molecule has 0 saturated heterocycles. The fourth-order valence-electron chi connectivity index (χ4n) is 2.00. The molecule has 2 amide bonds. The van der Waals surface area contributed by atoms with Crippen LogP contribution in [0.2, 0.25) is 0 Å². The molecular weight excluding hydrogens is 278 g/mol. The molecule has 0 unspecified atom stereocenters. The smallest absolute Gasteiger partial charge is 0.319 e. The first-order chi connectivity index (χ1) is 10.7. The fraction of sp³-hybridized carbons (Fsp3) is 0.235. The summed E-state index contributed by atoms with van der Waals surface area (Å²) in [5, 5.41) is 5.62. The number of anilines is 2. The number of methoxy groups -OCH3 is 1. The molecule has 2 N–H and O–H groups in total. The highest BCUT2D eigenvalue weighted by Gasteiger charge is 2.03. The number of likely N-dealkylation sites (N-methyl/N-ethyl adjacent to an activating group) is 1. The Balaban J connectivity index is 1.73. The zero-order valence-corrected chi connectivity index (χ0v) is 12.9. The van der Waals surface area contributed by atoms with Gasteiger partial charge in [0.1, 0.15) is 5.75 Å². The minimum atomic E-state index is -0.216. The van der Waals surface area contributed by atoms with E-state index in [1.807, 2.05) is 37.4 Å². The first kappa shape index (κ1) is 15.7. The van der Waals surface area contributed by atoms with E-state index in [2.05, 4.69) is 15.5 Å². The second-order valence-corrected chi connectivity index (χ2v) is 4.87. The number of hydrogen-bond donors (Lipinski definition) is 2. The molecule has 2 rings (SSSR count). The quantitative estimate of drug-likeness (QED) is 0.862. The molecule has 0 saturated carbocycles. The average molecular weight is 299 g/mol. The molecule has 5 heteroatoms. The van der Waals surface area contributed by atoms with E-state index in [9.17, 15) is 4.79 Å². The number of urea groups is 1. The Morgan fingerprint density at radius 1 is 1.09 bits per heavy atom. The van der Waals surface area contributed by atoms with Crippen molar-refractivity contribution in [2.75, 3.05) is 37.5 Å². The van der Waals surface area contributed by atoms with Crippen molar-refractivity contribution >= 4 is 17.4 Å². The van der Waals surface area contributed by atoms with Crippen LogP contribution in [-0.2, 0) is 0 Å². The van der Waals surface area contributed by atoms with Crippen molar-refractivity contribution in [2.45, 2.75) is 0 Å². The number of hydrogen-bond acceptors (Lipinski definition) is 3. The summed E-state index contributed by atoms with van der Waals surface area (Å²) in [6, 6.07) is 17.0. The third-order valence-electron chi connectivity index (χ3n) is 3.28. The number of nitrogens with one attached hydrogen (secondary N) is 2. The first-order valence-electron chi connectivity index (χ1n) is 7.14. The van der Waals surface area contributed by atoms with Crippen LogP contribution in [0.4, 0.5) is 16.2 Å². The van der Waals surface area contributed by atoms with Crippen molar-refractivity contribution in [3.8, 4) is 5.75 Å².